The van der Waals surface area contributed by atoms with Crippen molar-refractivity contribution in [3.63, 3.8) is 0 Å². The number of fused-ring (bicyclic) bond motifs is 2. The molecule has 3 aliphatic heterocycles. The predicted molar refractivity (Wildman–Crippen MR) is 131 cm³/mol. The first-order valence-electron chi connectivity index (χ1n) is 11.8. The third-order valence-electron chi connectivity index (χ3n) is 6.60. The molecule has 3 heterocycles. The highest BCUT2D eigenvalue weighted by Crippen LogP contribution is 2.37. The maximum Gasteiger partial charge on any atom is 0.129 e. The van der Waals surface area contributed by atoms with Crippen molar-refractivity contribution < 1.29 is 14.3 Å². The number of nitrogens with one attached hydrogen (secondary N) is 1. The molecule has 1 unspecified atom stereocenters. The first kappa shape index (κ1) is 22.2. The minimum absolute atomic E-state index is 0.0260. The van der Waals surface area contributed by atoms with Gasteiger partial charge in [0, 0.05) is 57.5 Å². The molecule has 0 amide bonds. The second kappa shape index (κ2) is 10.1. The van der Waals surface area contributed by atoms with Gasteiger partial charge in [-0.15, -0.1) is 0 Å². The fraction of sp³-hybridized carbons (Fsp3) is 0.407. The molecule has 1 saturated heterocycles. The van der Waals surface area contributed by atoms with Gasteiger partial charge >= 0.3 is 0 Å². The second-order valence-corrected chi connectivity index (χ2v) is 9.14. The van der Waals surface area contributed by atoms with E-state index in [1.54, 1.807) is 7.11 Å². The smallest absolute Gasteiger partial charge is 0.129 e. The molecule has 6 nitrogen and oxygen atoms in total. The summed E-state index contributed by atoms with van der Waals surface area (Å²) in [5, 5.41) is 0. The van der Waals surface area contributed by atoms with Gasteiger partial charge in [0.25, 0.3) is 0 Å². The summed E-state index contributed by atoms with van der Waals surface area (Å²) in [5.74, 6) is 0.896. The van der Waals surface area contributed by atoms with Crippen LogP contribution in [0.3, 0.4) is 0 Å². The maximum absolute atomic E-state index is 6.09. The number of methoxy groups -OCH3 is 1. The fourth-order valence-electron chi connectivity index (χ4n) is 4.87. The normalized spacial score (nSPS) is 21.4. The van der Waals surface area contributed by atoms with Gasteiger partial charge in [-0.1, -0.05) is 48.0 Å². The minimum Gasteiger partial charge on any atom is -0.488 e. The van der Waals surface area contributed by atoms with Crippen LogP contribution in [0.15, 0.2) is 59.7 Å². The standard InChI is InChI=1S/C27H33N3O3/c1-20(14-21-6-4-3-5-7-21)16-29-10-12-30(13-11-29)17-26-24-19-32-25-15-22(18-31-2)8-9-23(25)27(24)28-33-26/h3-9,14-15,26,28H,10-13,16-19H2,1-2H3. The van der Waals surface area contributed by atoms with Crippen LogP contribution in [-0.4, -0.2) is 68.9 Å². The Hall–Kier alpha value is -2.64. The van der Waals surface area contributed by atoms with Crippen molar-refractivity contribution in [2.75, 3.05) is 53.0 Å². The van der Waals surface area contributed by atoms with Crippen LogP contribution in [0.4, 0.5) is 0 Å². The molecule has 0 radical (unpaired) electrons. The molecule has 2 aromatic carbocycles. The lowest BCUT2D eigenvalue weighted by atomic mass is 9.99. The van der Waals surface area contributed by atoms with Crippen LogP contribution >= 0.6 is 0 Å². The van der Waals surface area contributed by atoms with Gasteiger partial charge in [0.2, 0.25) is 0 Å². The van der Waals surface area contributed by atoms with Crippen LogP contribution in [0.25, 0.3) is 11.8 Å². The molecule has 0 bridgehead atoms. The molecule has 0 aliphatic carbocycles. The molecule has 1 N–H and O–H groups in total. The Morgan fingerprint density at radius 1 is 1.09 bits per heavy atom. The Balaban J connectivity index is 1.15. The summed E-state index contributed by atoms with van der Waals surface area (Å²) in [6.07, 6.45) is 2.32. The molecule has 33 heavy (non-hydrogen) atoms. The highest BCUT2D eigenvalue weighted by molar-refractivity contribution is 5.75. The quantitative estimate of drug-likeness (QED) is 0.700. The Morgan fingerprint density at radius 2 is 1.88 bits per heavy atom. The number of ether oxygens (including phenoxy) is 2. The van der Waals surface area contributed by atoms with E-state index in [1.165, 1.54) is 16.7 Å². The van der Waals surface area contributed by atoms with E-state index in [2.05, 4.69) is 76.8 Å². The van der Waals surface area contributed by atoms with Gasteiger partial charge in [-0.05, 0) is 30.2 Å². The van der Waals surface area contributed by atoms with E-state index in [4.69, 9.17) is 14.3 Å². The van der Waals surface area contributed by atoms with Gasteiger partial charge in [-0.2, -0.15) is 0 Å². The Labute approximate surface area is 196 Å². The summed E-state index contributed by atoms with van der Waals surface area (Å²) >= 11 is 0. The van der Waals surface area contributed by atoms with E-state index in [0.717, 1.165) is 61.8 Å². The average Bonchev–Trinajstić information content (AvgIpc) is 3.24. The molecule has 0 aromatic heterocycles. The molecule has 0 spiro atoms. The zero-order valence-electron chi connectivity index (χ0n) is 19.5. The van der Waals surface area contributed by atoms with Crippen LogP contribution in [0.1, 0.15) is 23.6 Å². The molecule has 3 aliphatic rings. The van der Waals surface area contributed by atoms with E-state index in [9.17, 15) is 0 Å². The van der Waals surface area contributed by atoms with Crippen molar-refractivity contribution in [3.8, 4) is 5.75 Å². The molecule has 0 saturated carbocycles. The summed E-state index contributed by atoms with van der Waals surface area (Å²) < 4.78 is 11.3. The lowest BCUT2D eigenvalue weighted by molar-refractivity contribution is 0.0118. The monoisotopic (exact) mass is 447 g/mol. The molecule has 1 atom stereocenters. The van der Waals surface area contributed by atoms with Gasteiger partial charge in [0.05, 0.1) is 12.3 Å². The van der Waals surface area contributed by atoms with Crippen LogP contribution in [0.5, 0.6) is 5.75 Å². The molecular formula is C27H33N3O3. The summed E-state index contributed by atoms with van der Waals surface area (Å²) in [6, 6.07) is 16.8. The van der Waals surface area contributed by atoms with Gasteiger partial charge in [-0.3, -0.25) is 20.1 Å². The third kappa shape index (κ3) is 5.14. The largest absolute Gasteiger partial charge is 0.488 e. The van der Waals surface area contributed by atoms with Crippen molar-refractivity contribution in [3.05, 3.63) is 76.4 Å². The van der Waals surface area contributed by atoms with Gasteiger partial charge in [-0.25, -0.2) is 0 Å². The topological polar surface area (TPSA) is 46.2 Å². The minimum atomic E-state index is 0.0260. The molecular weight excluding hydrogens is 414 g/mol. The second-order valence-electron chi connectivity index (χ2n) is 9.14. The molecule has 2 aromatic rings. The highest BCUT2D eigenvalue weighted by atomic mass is 16.7. The van der Waals surface area contributed by atoms with Crippen molar-refractivity contribution in [2.45, 2.75) is 19.6 Å². The Kier molecular flexibility index (Phi) is 6.78. The number of benzene rings is 2. The van der Waals surface area contributed by atoms with Gasteiger partial charge in [0.1, 0.15) is 18.5 Å². The number of hydrogen-bond donors (Lipinski definition) is 1. The van der Waals surface area contributed by atoms with Crippen molar-refractivity contribution in [1.29, 1.82) is 0 Å². The van der Waals surface area contributed by atoms with E-state index in [-0.39, 0.29) is 6.10 Å². The van der Waals surface area contributed by atoms with Crippen LogP contribution < -0.4 is 10.2 Å². The van der Waals surface area contributed by atoms with Gasteiger partial charge < -0.3 is 9.47 Å². The fourth-order valence-corrected chi connectivity index (χ4v) is 4.87. The summed E-state index contributed by atoms with van der Waals surface area (Å²) in [7, 11) is 1.71. The summed E-state index contributed by atoms with van der Waals surface area (Å²) in [4.78, 5) is 11.1. The van der Waals surface area contributed by atoms with E-state index < -0.39 is 0 Å². The number of piperazine rings is 1. The molecule has 1 fully saturated rings. The van der Waals surface area contributed by atoms with Crippen molar-refractivity contribution in [1.82, 2.24) is 15.3 Å². The first-order chi connectivity index (χ1) is 16.2. The highest BCUT2D eigenvalue weighted by Gasteiger charge is 2.34. The predicted octanol–water partition coefficient (Wildman–Crippen LogP) is 3.56. The van der Waals surface area contributed by atoms with Gasteiger partial charge in [0.15, 0.2) is 0 Å². The number of nitrogens with zero attached hydrogens (tertiary/aromatic N) is 2. The summed E-state index contributed by atoms with van der Waals surface area (Å²) in [5.41, 5.74) is 10.3. The zero-order chi connectivity index (χ0) is 22.6. The summed E-state index contributed by atoms with van der Waals surface area (Å²) in [6.45, 7) is 9.56. The number of hydrogen-bond acceptors (Lipinski definition) is 6. The van der Waals surface area contributed by atoms with Crippen molar-refractivity contribution >= 4 is 11.8 Å². The van der Waals surface area contributed by atoms with E-state index in [1.807, 2.05) is 0 Å². The Bertz CT molecular complexity index is 1030. The van der Waals surface area contributed by atoms with E-state index >= 15 is 0 Å². The zero-order valence-corrected chi connectivity index (χ0v) is 19.5. The van der Waals surface area contributed by atoms with Crippen LogP contribution in [0, 0.1) is 0 Å². The van der Waals surface area contributed by atoms with Crippen LogP contribution in [0.2, 0.25) is 0 Å². The maximum atomic E-state index is 6.09. The van der Waals surface area contributed by atoms with E-state index in [0.29, 0.717) is 13.2 Å². The lowest BCUT2D eigenvalue weighted by Crippen LogP contribution is -2.49. The molecule has 5 rings (SSSR count). The number of hydroxylamine groups is 1. The molecule has 6 heteroatoms. The third-order valence-corrected chi connectivity index (χ3v) is 6.60. The van der Waals surface area contributed by atoms with Crippen molar-refractivity contribution in [2.24, 2.45) is 0 Å². The number of rotatable bonds is 7. The average molecular weight is 448 g/mol. The van der Waals surface area contributed by atoms with Crippen LogP contribution in [-0.2, 0) is 16.2 Å². The SMILES string of the molecule is COCc1ccc2c(c1)OCC1=C2NOC1CN1CCN(CC(C)=Cc2ccccc2)CC1. The molecule has 174 valence electrons. The first-order valence-corrected chi connectivity index (χ1v) is 11.8. The lowest BCUT2D eigenvalue weighted by Gasteiger charge is -2.36. The Morgan fingerprint density at radius 3 is 2.67 bits per heavy atom.